The molecule has 0 unspecified atom stereocenters. The second-order valence-corrected chi connectivity index (χ2v) is 6.80. The van der Waals surface area contributed by atoms with Crippen LogP contribution in [0.25, 0.3) is 10.9 Å². The lowest BCUT2D eigenvalue weighted by Crippen LogP contribution is -2.10. The summed E-state index contributed by atoms with van der Waals surface area (Å²) < 4.78 is 0. The molecule has 118 valence electrons. The number of carbonyl (C=O) groups excluding carboxylic acids is 1. The van der Waals surface area contributed by atoms with Crippen LogP contribution < -0.4 is 5.73 Å². The quantitative estimate of drug-likeness (QED) is 0.704. The maximum atomic E-state index is 11.0. The Balaban J connectivity index is 1.96. The molecular formula is C19H20N2OS. The van der Waals surface area contributed by atoms with E-state index in [1.165, 1.54) is 26.4 Å². The fraction of sp³-hybridized carbons (Fsp3) is 0.211. The van der Waals surface area contributed by atoms with E-state index in [1.807, 2.05) is 18.2 Å². The third kappa shape index (κ3) is 3.77. The Labute approximate surface area is 140 Å². The van der Waals surface area contributed by atoms with Crippen molar-refractivity contribution in [3.05, 3.63) is 59.8 Å². The molecule has 0 atom stereocenters. The zero-order valence-electron chi connectivity index (χ0n) is 13.1. The van der Waals surface area contributed by atoms with Crippen LogP contribution in [-0.4, -0.2) is 10.9 Å². The number of nitrogens with one attached hydrogen (secondary N) is 1. The van der Waals surface area contributed by atoms with Gasteiger partial charge in [-0.05, 0) is 43.5 Å². The summed E-state index contributed by atoms with van der Waals surface area (Å²) in [5.74, 6) is -0.241. The largest absolute Gasteiger partial charge is 0.370 e. The summed E-state index contributed by atoms with van der Waals surface area (Å²) in [6, 6.07) is 16.8. The van der Waals surface area contributed by atoms with Crippen molar-refractivity contribution in [3.8, 4) is 0 Å². The minimum absolute atomic E-state index is 0.241. The summed E-state index contributed by atoms with van der Waals surface area (Å²) >= 11 is 1.77. The van der Waals surface area contributed by atoms with Gasteiger partial charge in [0.1, 0.15) is 0 Å². The Bertz CT molecular complexity index is 824. The lowest BCUT2D eigenvalue weighted by molar-refractivity contribution is -0.118. The van der Waals surface area contributed by atoms with Crippen LogP contribution in [0.2, 0.25) is 0 Å². The highest BCUT2D eigenvalue weighted by Crippen LogP contribution is 2.37. The highest BCUT2D eigenvalue weighted by Gasteiger charge is 2.13. The Morgan fingerprint density at radius 3 is 2.70 bits per heavy atom. The predicted molar refractivity (Wildman–Crippen MR) is 95.7 cm³/mol. The molecule has 3 aromatic rings. The third-order valence-corrected chi connectivity index (χ3v) is 4.97. The van der Waals surface area contributed by atoms with Crippen LogP contribution in [0.3, 0.4) is 0 Å². The molecule has 0 aliphatic carbocycles. The molecule has 0 aliphatic heterocycles. The second-order valence-electron chi connectivity index (χ2n) is 5.72. The van der Waals surface area contributed by atoms with Crippen molar-refractivity contribution in [2.24, 2.45) is 5.73 Å². The van der Waals surface area contributed by atoms with Crippen LogP contribution in [0.4, 0.5) is 0 Å². The van der Waals surface area contributed by atoms with Gasteiger partial charge < -0.3 is 10.7 Å². The number of aromatic nitrogens is 1. The topological polar surface area (TPSA) is 58.9 Å². The van der Waals surface area contributed by atoms with Crippen molar-refractivity contribution >= 4 is 28.6 Å². The van der Waals surface area contributed by atoms with Crippen LogP contribution in [0.5, 0.6) is 0 Å². The molecule has 3 nitrogen and oxygen atoms in total. The summed E-state index contributed by atoms with van der Waals surface area (Å²) in [7, 11) is 0. The number of amides is 1. The number of hydrogen-bond acceptors (Lipinski definition) is 2. The van der Waals surface area contributed by atoms with Crippen LogP contribution in [-0.2, 0) is 11.2 Å². The molecule has 4 heteroatoms. The van der Waals surface area contributed by atoms with Gasteiger partial charge in [-0.2, -0.15) is 0 Å². The average molecular weight is 324 g/mol. The minimum Gasteiger partial charge on any atom is -0.370 e. The first-order chi connectivity index (χ1) is 11.1. The lowest BCUT2D eigenvalue weighted by atomic mass is 10.1. The van der Waals surface area contributed by atoms with Crippen molar-refractivity contribution in [1.29, 1.82) is 0 Å². The Morgan fingerprint density at radius 1 is 1.17 bits per heavy atom. The van der Waals surface area contributed by atoms with Crippen molar-refractivity contribution < 1.29 is 4.79 Å². The van der Waals surface area contributed by atoms with Crippen LogP contribution in [0, 0.1) is 6.92 Å². The van der Waals surface area contributed by atoms with Crippen molar-refractivity contribution in [3.63, 3.8) is 0 Å². The first-order valence-electron chi connectivity index (χ1n) is 7.76. The van der Waals surface area contributed by atoms with E-state index >= 15 is 0 Å². The molecule has 0 spiro atoms. The number of benzene rings is 2. The summed E-state index contributed by atoms with van der Waals surface area (Å²) in [4.78, 5) is 17.0. The highest BCUT2D eigenvalue weighted by atomic mass is 32.2. The molecule has 2 aromatic carbocycles. The van der Waals surface area contributed by atoms with Crippen LogP contribution in [0.1, 0.15) is 24.1 Å². The molecule has 3 N–H and O–H groups in total. The molecule has 1 amide bonds. The lowest BCUT2D eigenvalue weighted by Gasteiger charge is -2.05. The summed E-state index contributed by atoms with van der Waals surface area (Å²) in [5.41, 5.74) is 8.83. The number of aromatic amines is 1. The number of fused-ring (bicyclic) bond motifs is 1. The monoisotopic (exact) mass is 324 g/mol. The Kier molecular flexibility index (Phi) is 4.72. The van der Waals surface area contributed by atoms with Gasteiger partial charge in [0.15, 0.2) is 0 Å². The molecule has 0 radical (unpaired) electrons. The van der Waals surface area contributed by atoms with Crippen molar-refractivity contribution in [2.75, 3.05) is 0 Å². The molecule has 0 bridgehead atoms. The number of hydrogen-bond donors (Lipinski definition) is 2. The van der Waals surface area contributed by atoms with Crippen LogP contribution >= 0.6 is 11.8 Å². The number of rotatable bonds is 6. The molecule has 0 aliphatic rings. The Hall–Kier alpha value is -2.20. The molecule has 0 saturated carbocycles. The van der Waals surface area contributed by atoms with E-state index in [0.717, 1.165) is 18.4 Å². The zero-order valence-corrected chi connectivity index (χ0v) is 14.0. The number of primary amides is 1. The van der Waals surface area contributed by atoms with Gasteiger partial charge in [-0.15, -0.1) is 0 Å². The summed E-state index contributed by atoms with van der Waals surface area (Å²) in [6.45, 7) is 2.09. The molecule has 3 rings (SSSR count). The molecule has 0 fully saturated rings. The van der Waals surface area contributed by atoms with Crippen LogP contribution in [0.15, 0.2) is 58.3 Å². The number of nitrogens with two attached hydrogens (primary N) is 1. The second kappa shape index (κ2) is 6.92. The first-order valence-corrected chi connectivity index (χ1v) is 8.57. The molecule has 1 heterocycles. The predicted octanol–water partition coefficient (Wildman–Crippen LogP) is 4.44. The van der Waals surface area contributed by atoms with Gasteiger partial charge in [-0.1, -0.05) is 42.1 Å². The van der Waals surface area contributed by atoms with E-state index < -0.39 is 0 Å². The average Bonchev–Trinajstić information content (AvgIpc) is 2.85. The van der Waals surface area contributed by atoms with Crippen molar-refractivity contribution in [2.45, 2.75) is 36.0 Å². The van der Waals surface area contributed by atoms with Gasteiger partial charge in [0.2, 0.25) is 5.91 Å². The zero-order chi connectivity index (χ0) is 16.2. The minimum atomic E-state index is -0.241. The Morgan fingerprint density at radius 2 is 1.96 bits per heavy atom. The van der Waals surface area contributed by atoms with Gasteiger partial charge in [0.25, 0.3) is 0 Å². The van der Waals surface area contributed by atoms with E-state index in [2.05, 4.69) is 42.2 Å². The normalized spacial score (nSPS) is 11.0. The molecule has 23 heavy (non-hydrogen) atoms. The van der Waals surface area contributed by atoms with E-state index in [-0.39, 0.29) is 5.91 Å². The summed E-state index contributed by atoms with van der Waals surface area (Å²) in [6.07, 6.45) is 2.01. The molecule has 1 aromatic heterocycles. The van der Waals surface area contributed by atoms with Gasteiger partial charge in [-0.25, -0.2) is 0 Å². The fourth-order valence-corrected chi connectivity index (χ4v) is 3.77. The maximum absolute atomic E-state index is 11.0. The number of H-pyrrole nitrogens is 1. The van der Waals surface area contributed by atoms with E-state index in [9.17, 15) is 4.79 Å². The van der Waals surface area contributed by atoms with Gasteiger partial charge in [-0.3, -0.25) is 4.79 Å². The third-order valence-electron chi connectivity index (χ3n) is 3.79. The fourth-order valence-electron chi connectivity index (χ4n) is 2.68. The SMILES string of the molecule is Cc1ccc2c(Sc3ccccc3)c(CCCC(N)=O)[nH]c2c1. The first kappa shape index (κ1) is 15.7. The van der Waals surface area contributed by atoms with E-state index in [1.54, 1.807) is 11.8 Å². The molecule has 0 saturated heterocycles. The van der Waals surface area contributed by atoms with Gasteiger partial charge in [0.05, 0.1) is 0 Å². The maximum Gasteiger partial charge on any atom is 0.217 e. The number of carbonyl (C=O) groups is 1. The van der Waals surface area contributed by atoms with Gasteiger partial charge in [0, 0.05) is 32.8 Å². The number of aryl methyl sites for hydroxylation is 2. The van der Waals surface area contributed by atoms with Gasteiger partial charge >= 0.3 is 0 Å². The molecular weight excluding hydrogens is 304 g/mol. The van der Waals surface area contributed by atoms with Crippen molar-refractivity contribution in [1.82, 2.24) is 4.98 Å². The van der Waals surface area contributed by atoms with E-state index in [0.29, 0.717) is 6.42 Å². The van der Waals surface area contributed by atoms with E-state index in [4.69, 9.17) is 5.73 Å². The standard InChI is InChI=1S/C19H20N2OS/c1-13-10-11-15-17(12-13)21-16(8-5-9-18(20)22)19(15)23-14-6-3-2-4-7-14/h2-4,6-7,10-12,21H,5,8-9H2,1H3,(H2,20,22). The highest BCUT2D eigenvalue weighted by molar-refractivity contribution is 7.99. The summed E-state index contributed by atoms with van der Waals surface area (Å²) in [5, 5.41) is 1.23. The smallest absolute Gasteiger partial charge is 0.217 e.